The van der Waals surface area contributed by atoms with Crippen LogP contribution in [0.25, 0.3) is 0 Å². The molecule has 3 rings (SSSR count). The average Bonchev–Trinajstić information content (AvgIpc) is 2.54. The van der Waals surface area contributed by atoms with E-state index in [2.05, 4.69) is 4.72 Å². The van der Waals surface area contributed by atoms with E-state index < -0.39 is 21.8 Å². The molecule has 0 bridgehead atoms. The quantitative estimate of drug-likeness (QED) is 0.888. The van der Waals surface area contributed by atoms with Crippen LogP contribution in [0.15, 0.2) is 47.4 Å². The number of halogens is 3. The van der Waals surface area contributed by atoms with Crippen LogP contribution in [0.4, 0.5) is 18.9 Å². The average molecular weight is 355 g/mol. The first kappa shape index (κ1) is 16.8. The van der Waals surface area contributed by atoms with Crippen molar-refractivity contribution >= 4 is 15.7 Å². The minimum absolute atomic E-state index is 0.191. The number of nitrogens with one attached hydrogen (secondary N) is 1. The van der Waals surface area contributed by atoms with Gasteiger partial charge in [0.1, 0.15) is 0 Å². The Balaban J connectivity index is 1.90. The number of rotatable bonds is 3. The summed E-state index contributed by atoms with van der Waals surface area (Å²) in [4.78, 5) is -0.191. The molecule has 0 radical (unpaired) electrons. The number of fused-ring (bicyclic) bond motifs is 1. The first-order valence-corrected chi connectivity index (χ1v) is 9.06. The van der Waals surface area contributed by atoms with Crippen molar-refractivity contribution in [3.8, 4) is 0 Å². The van der Waals surface area contributed by atoms with Crippen molar-refractivity contribution in [2.45, 2.75) is 36.8 Å². The topological polar surface area (TPSA) is 46.2 Å². The van der Waals surface area contributed by atoms with E-state index in [9.17, 15) is 21.6 Å². The molecule has 0 heterocycles. The zero-order chi connectivity index (χ0) is 17.4. The number of alkyl halides is 3. The Morgan fingerprint density at radius 2 is 1.58 bits per heavy atom. The summed E-state index contributed by atoms with van der Waals surface area (Å²) in [7, 11) is -3.93. The number of anilines is 1. The van der Waals surface area contributed by atoms with Crippen molar-refractivity contribution in [1.29, 1.82) is 0 Å². The summed E-state index contributed by atoms with van der Waals surface area (Å²) in [5.74, 6) is 0. The fourth-order valence-electron chi connectivity index (χ4n) is 2.90. The van der Waals surface area contributed by atoms with Crippen LogP contribution in [0, 0.1) is 0 Å². The highest BCUT2D eigenvalue weighted by molar-refractivity contribution is 7.92. The smallest absolute Gasteiger partial charge is 0.279 e. The monoisotopic (exact) mass is 355 g/mol. The molecule has 7 heteroatoms. The maximum Gasteiger partial charge on any atom is 0.416 e. The van der Waals surface area contributed by atoms with Gasteiger partial charge >= 0.3 is 6.18 Å². The lowest BCUT2D eigenvalue weighted by atomic mass is 9.91. The molecule has 1 aliphatic rings. The van der Waals surface area contributed by atoms with Gasteiger partial charge in [-0.3, -0.25) is 4.72 Å². The van der Waals surface area contributed by atoms with Gasteiger partial charge in [-0.15, -0.1) is 0 Å². The van der Waals surface area contributed by atoms with Crippen LogP contribution < -0.4 is 4.72 Å². The van der Waals surface area contributed by atoms with E-state index in [0.29, 0.717) is 5.69 Å². The summed E-state index contributed by atoms with van der Waals surface area (Å²) in [5, 5.41) is 0. The van der Waals surface area contributed by atoms with E-state index in [1.807, 2.05) is 6.07 Å². The molecule has 0 spiro atoms. The van der Waals surface area contributed by atoms with Gasteiger partial charge in [0.05, 0.1) is 16.1 Å². The number of benzene rings is 2. The second-order valence-electron chi connectivity index (χ2n) is 5.78. The van der Waals surface area contributed by atoms with Gasteiger partial charge in [0.15, 0.2) is 0 Å². The highest BCUT2D eigenvalue weighted by Crippen LogP contribution is 2.31. The SMILES string of the molecule is O=S(=O)(Nc1cccc2c1CCCC2)c1ccc(C(F)(F)F)cc1. The zero-order valence-corrected chi connectivity index (χ0v) is 13.5. The summed E-state index contributed by atoms with van der Waals surface area (Å²) < 4.78 is 65.2. The molecule has 0 saturated carbocycles. The molecule has 0 aliphatic heterocycles. The molecule has 128 valence electrons. The summed E-state index contributed by atoms with van der Waals surface area (Å²) in [5.41, 5.74) is 1.72. The standard InChI is InChI=1S/C17H16F3NO2S/c18-17(19,20)13-8-10-14(11-9-13)24(22,23)21-16-7-3-5-12-4-1-2-6-15(12)16/h3,5,7-11,21H,1-2,4,6H2. The molecule has 2 aromatic rings. The molecule has 24 heavy (non-hydrogen) atoms. The number of hydrogen-bond acceptors (Lipinski definition) is 2. The Morgan fingerprint density at radius 3 is 2.25 bits per heavy atom. The molecule has 0 aromatic heterocycles. The van der Waals surface area contributed by atoms with E-state index in [1.165, 1.54) is 0 Å². The first-order chi connectivity index (χ1) is 11.3. The molecule has 0 saturated heterocycles. The molecule has 0 fully saturated rings. The van der Waals surface area contributed by atoms with Crippen LogP contribution >= 0.6 is 0 Å². The number of hydrogen-bond donors (Lipinski definition) is 1. The summed E-state index contributed by atoms with van der Waals surface area (Å²) in [6.07, 6.45) is -0.728. The normalized spacial score (nSPS) is 15.0. The van der Waals surface area contributed by atoms with Gasteiger partial charge in [-0.25, -0.2) is 8.42 Å². The van der Waals surface area contributed by atoms with Crippen molar-refractivity contribution in [3.05, 3.63) is 59.2 Å². The van der Waals surface area contributed by atoms with Crippen LogP contribution in [-0.2, 0) is 29.0 Å². The lowest BCUT2D eigenvalue weighted by molar-refractivity contribution is -0.137. The maximum absolute atomic E-state index is 12.6. The van der Waals surface area contributed by atoms with Crippen LogP contribution in [0.2, 0.25) is 0 Å². The third kappa shape index (κ3) is 3.40. The van der Waals surface area contributed by atoms with Crippen molar-refractivity contribution in [3.63, 3.8) is 0 Å². The van der Waals surface area contributed by atoms with Gasteiger partial charge in [-0.05, 0) is 67.1 Å². The number of sulfonamides is 1. The van der Waals surface area contributed by atoms with Gasteiger partial charge in [-0.1, -0.05) is 12.1 Å². The van der Waals surface area contributed by atoms with Gasteiger partial charge in [0, 0.05) is 0 Å². The molecule has 2 aromatic carbocycles. The molecule has 0 atom stereocenters. The van der Waals surface area contributed by atoms with E-state index >= 15 is 0 Å². The van der Waals surface area contributed by atoms with Crippen LogP contribution in [-0.4, -0.2) is 8.42 Å². The highest BCUT2D eigenvalue weighted by Gasteiger charge is 2.30. The Morgan fingerprint density at radius 1 is 0.917 bits per heavy atom. The Kier molecular flexibility index (Phi) is 4.29. The van der Waals surface area contributed by atoms with E-state index in [-0.39, 0.29) is 4.90 Å². The second-order valence-corrected chi connectivity index (χ2v) is 7.46. The summed E-state index contributed by atoms with van der Waals surface area (Å²) in [6, 6.07) is 8.94. The Bertz CT molecular complexity index is 843. The second kappa shape index (κ2) is 6.12. The van der Waals surface area contributed by atoms with E-state index in [4.69, 9.17) is 0 Å². The molecular weight excluding hydrogens is 339 g/mol. The predicted octanol–water partition coefficient (Wildman–Crippen LogP) is 4.39. The molecule has 0 unspecified atom stereocenters. The molecule has 0 amide bonds. The third-order valence-electron chi connectivity index (χ3n) is 4.13. The summed E-state index contributed by atoms with van der Waals surface area (Å²) in [6.45, 7) is 0. The molecule has 1 N–H and O–H groups in total. The summed E-state index contributed by atoms with van der Waals surface area (Å²) >= 11 is 0. The van der Waals surface area contributed by atoms with Gasteiger partial charge < -0.3 is 0 Å². The molecule has 3 nitrogen and oxygen atoms in total. The fourth-order valence-corrected chi connectivity index (χ4v) is 4.00. The largest absolute Gasteiger partial charge is 0.416 e. The van der Waals surface area contributed by atoms with Crippen LogP contribution in [0.1, 0.15) is 29.5 Å². The van der Waals surface area contributed by atoms with Crippen molar-refractivity contribution in [1.82, 2.24) is 0 Å². The van der Waals surface area contributed by atoms with E-state index in [1.54, 1.807) is 12.1 Å². The highest BCUT2D eigenvalue weighted by atomic mass is 32.2. The molecule has 1 aliphatic carbocycles. The third-order valence-corrected chi connectivity index (χ3v) is 5.51. The zero-order valence-electron chi connectivity index (χ0n) is 12.7. The Labute approximate surface area is 138 Å². The maximum atomic E-state index is 12.6. The Hall–Kier alpha value is -2.02. The fraction of sp³-hybridized carbons (Fsp3) is 0.294. The lowest BCUT2D eigenvalue weighted by Gasteiger charge is -2.20. The minimum atomic E-state index is -4.49. The first-order valence-electron chi connectivity index (χ1n) is 7.58. The van der Waals surface area contributed by atoms with Crippen LogP contribution in [0.5, 0.6) is 0 Å². The van der Waals surface area contributed by atoms with Crippen molar-refractivity contribution < 1.29 is 21.6 Å². The predicted molar refractivity (Wildman–Crippen MR) is 85.3 cm³/mol. The molecular formula is C17H16F3NO2S. The van der Waals surface area contributed by atoms with E-state index in [0.717, 1.165) is 61.1 Å². The van der Waals surface area contributed by atoms with Crippen LogP contribution in [0.3, 0.4) is 0 Å². The van der Waals surface area contributed by atoms with Gasteiger partial charge in [0.25, 0.3) is 10.0 Å². The van der Waals surface area contributed by atoms with Crippen molar-refractivity contribution in [2.24, 2.45) is 0 Å². The minimum Gasteiger partial charge on any atom is -0.279 e. The lowest BCUT2D eigenvalue weighted by Crippen LogP contribution is -2.16. The number of aryl methyl sites for hydroxylation is 1. The van der Waals surface area contributed by atoms with Gasteiger partial charge in [-0.2, -0.15) is 13.2 Å². The van der Waals surface area contributed by atoms with Gasteiger partial charge in [0.2, 0.25) is 0 Å². The van der Waals surface area contributed by atoms with Crippen molar-refractivity contribution in [2.75, 3.05) is 4.72 Å².